The topological polar surface area (TPSA) is 102 Å². The van der Waals surface area contributed by atoms with Crippen LogP contribution >= 0.6 is 11.6 Å². The highest BCUT2D eigenvalue weighted by Gasteiger charge is 2.24. The molecule has 0 bridgehead atoms. The van der Waals surface area contributed by atoms with Crippen molar-refractivity contribution >= 4 is 40.3 Å². The first kappa shape index (κ1) is 18.4. The van der Waals surface area contributed by atoms with Gasteiger partial charge in [0.15, 0.2) is 0 Å². The number of halogens is 1. The second kappa shape index (κ2) is 7.88. The molecule has 0 saturated heterocycles. The summed E-state index contributed by atoms with van der Waals surface area (Å²) in [5.74, 6) is 0.737. The van der Waals surface area contributed by atoms with Crippen LogP contribution < -0.4 is 15.4 Å². The quantitative estimate of drug-likeness (QED) is 0.462. The van der Waals surface area contributed by atoms with Crippen molar-refractivity contribution in [3.8, 4) is 5.75 Å². The Balaban J connectivity index is 1.99. The summed E-state index contributed by atoms with van der Waals surface area (Å²) in [5, 5.41) is 18.2. The Morgan fingerprint density at radius 1 is 1.11 bits per heavy atom. The van der Waals surface area contributed by atoms with E-state index in [1.807, 2.05) is 6.92 Å². The largest absolute Gasteiger partial charge is 0.497 e. The maximum atomic E-state index is 11.7. The fourth-order valence-corrected chi connectivity index (χ4v) is 2.62. The average Bonchev–Trinajstić information content (AvgIpc) is 2.65. The molecule has 0 fully saturated rings. The van der Waals surface area contributed by atoms with Crippen LogP contribution in [0.15, 0.2) is 48.8 Å². The first-order valence-corrected chi connectivity index (χ1v) is 8.30. The van der Waals surface area contributed by atoms with E-state index in [-0.39, 0.29) is 17.3 Å². The predicted octanol–water partition coefficient (Wildman–Crippen LogP) is 4.84. The molecule has 2 N–H and O–H groups in total. The molecule has 138 valence electrons. The molecule has 0 radical (unpaired) electrons. The lowest BCUT2D eigenvalue weighted by Crippen LogP contribution is -2.06. The SMILES string of the molecule is COc1cccc(Nc2ncnc(Nc3cccc(Cl)c3C)c2[N+](=O)[O-])c1. The van der Waals surface area contributed by atoms with Gasteiger partial charge in [0.1, 0.15) is 12.1 Å². The Morgan fingerprint density at radius 3 is 2.52 bits per heavy atom. The molecule has 1 heterocycles. The summed E-state index contributed by atoms with van der Waals surface area (Å²) < 4.78 is 5.17. The third-order valence-corrected chi connectivity index (χ3v) is 4.27. The number of hydrogen-bond acceptors (Lipinski definition) is 7. The normalized spacial score (nSPS) is 10.3. The number of aromatic nitrogens is 2. The van der Waals surface area contributed by atoms with Gasteiger partial charge in [-0.15, -0.1) is 0 Å². The summed E-state index contributed by atoms with van der Waals surface area (Å²) in [4.78, 5) is 19.2. The molecule has 8 nitrogen and oxygen atoms in total. The number of nitro groups is 1. The first-order chi connectivity index (χ1) is 13.0. The van der Waals surface area contributed by atoms with Crippen molar-refractivity contribution in [3.63, 3.8) is 0 Å². The van der Waals surface area contributed by atoms with Gasteiger partial charge in [-0.1, -0.05) is 23.7 Å². The smallest absolute Gasteiger partial charge is 0.353 e. The minimum atomic E-state index is -0.537. The Hall–Kier alpha value is -3.39. The third-order valence-electron chi connectivity index (χ3n) is 3.86. The van der Waals surface area contributed by atoms with Gasteiger partial charge in [-0.05, 0) is 36.8 Å². The molecule has 0 saturated carbocycles. The highest BCUT2D eigenvalue weighted by Crippen LogP contribution is 2.35. The summed E-state index contributed by atoms with van der Waals surface area (Å²) in [6.07, 6.45) is 1.25. The second-order valence-corrected chi connectivity index (χ2v) is 5.98. The molecule has 0 amide bonds. The van der Waals surface area contributed by atoms with Gasteiger partial charge in [-0.25, -0.2) is 9.97 Å². The monoisotopic (exact) mass is 385 g/mol. The van der Waals surface area contributed by atoms with Crippen molar-refractivity contribution in [1.29, 1.82) is 0 Å². The van der Waals surface area contributed by atoms with E-state index in [2.05, 4.69) is 20.6 Å². The fourth-order valence-electron chi connectivity index (χ4n) is 2.44. The van der Waals surface area contributed by atoms with Crippen molar-refractivity contribution in [2.45, 2.75) is 6.92 Å². The second-order valence-electron chi connectivity index (χ2n) is 5.57. The van der Waals surface area contributed by atoms with Crippen molar-refractivity contribution < 1.29 is 9.66 Å². The Labute approximate surface area is 160 Å². The number of rotatable bonds is 6. The lowest BCUT2D eigenvalue weighted by Gasteiger charge is -2.12. The molecule has 0 spiro atoms. The zero-order chi connectivity index (χ0) is 19.4. The van der Waals surface area contributed by atoms with E-state index in [1.165, 1.54) is 6.33 Å². The number of hydrogen-bond donors (Lipinski definition) is 2. The van der Waals surface area contributed by atoms with Crippen molar-refractivity contribution in [1.82, 2.24) is 9.97 Å². The molecule has 0 aliphatic rings. The summed E-state index contributed by atoms with van der Waals surface area (Å²) in [6, 6.07) is 12.3. The minimum Gasteiger partial charge on any atom is -0.497 e. The van der Waals surface area contributed by atoms with Crippen LogP contribution in [0.2, 0.25) is 5.02 Å². The van der Waals surface area contributed by atoms with Crippen LogP contribution in [0.5, 0.6) is 5.75 Å². The molecular formula is C18H16ClN5O3. The van der Waals surface area contributed by atoms with Crippen LogP contribution in [0, 0.1) is 17.0 Å². The van der Waals surface area contributed by atoms with E-state index in [9.17, 15) is 10.1 Å². The molecule has 9 heteroatoms. The van der Waals surface area contributed by atoms with Crippen molar-refractivity contribution in [2.75, 3.05) is 17.7 Å². The molecule has 0 aliphatic carbocycles. The summed E-state index contributed by atoms with van der Waals surface area (Å²) in [7, 11) is 1.54. The van der Waals surface area contributed by atoms with Crippen LogP contribution in [-0.4, -0.2) is 22.0 Å². The van der Waals surface area contributed by atoms with E-state index in [0.717, 1.165) is 5.56 Å². The van der Waals surface area contributed by atoms with Gasteiger partial charge < -0.3 is 15.4 Å². The van der Waals surface area contributed by atoms with Gasteiger partial charge in [-0.2, -0.15) is 0 Å². The molecule has 0 aliphatic heterocycles. The highest BCUT2D eigenvalue weighted by molar-refractivity contribution is 6.31. The van der Waals surface area contributed by atoms with Crippen LogP contribution in [0.4, 0.5) is 28.7 Å². The van der Waals surface area contributed by atoms with Gasteiger partial charge in [0.2, 0.25) is 11.6 Å². The van der Waals surface area contributed by atoms with Crippen molar-refractivity contribution in [2.24, 2.45) is 0 Å². The Kier molecular flexibility index (Phi) is 5.37. The molecule has 2 aromatic carbocycles. The van der Waals surface area contributed by atoms with Gasteiger partial charge >= 0.3 is 5.69 Å². The van der Waals surface area contributed by atoms with Crippen LogP contribution in [0.1, 0.15) is 5.56 Å². The van der Waals surface area contributed by atoms with Gasteiger partial charge in [0.25, 0.3) is 0 Å². The molecule has 3 aromatic rings. The van der Waals surface area contributed by atoms with Crippen molar-refractivity contribution in [3.05, 3.63) is 69.5 Å². The average molecular weight is 386 g/mol. The number of nitrogens with zero attached hydrogens (tertiary/aromatic N) is 3. The number of benzene rings is 2. The van der Waals surface area contributed by atoms with Crippen LogP contribution in [0.3, 0.4) is 0 Å². The molecule has 0 atom stereocenters. The third kappa shape index (κ3) is 4.06. The molecule has 27 heavy (non-hydrogen) atoms. The number of anilines is 4. The predicted molar refractivity (Wildman–Crippen MR) is 104 cm³/mol. The van der Waals surface area contributed by atoms with E-state index < -0.39 is 4.92 Å². The lowest BCUT2D eigenvalue weighted by atomic mass is 10.2. The highest BCUT2D eigenvalue weighted by atomic mass is 35.5. The Bertz CT molecular complexity index is 996. The summed E-state index contributed by atoms with van der Waals surface area (Å²) >= 11 is 6.12. The van der Waals surface area contributed by atoms with E-state index in [4.69, 9.17) is 16.3 Å². The van der Waals surface area contributed by atoms with Crippen LogP contribution in [0.25, 0.3) is 0 Å². The maximum Gasteiger partial charge on any atom is 0.353 e. The van der Waals surface area contributed by atoms with Crippen LogP contribution in [-0.2, 0) is 0 Å². The molecule has 3 rings (SSSR count). The standard InChI is InChI=1S/C18H16ClN5O3/c1-11-14(19)7-4-8-15(11)23-18-16(24(25)26)17(20-10-21-18)22-12-5-3-6-13(9-12)27-2/h3-10H,1-2H3,(H2,20,21,22,23). The number of methoxy groups -OCH3 is 1. The first-order valence-electron chi connectivity index (χ1n) is 7.92. The maximum absolute atomic E-state index is 11.7. The summed E-state index contributed by atoms with van der Waals surface area (Å²) in [6.45, 7) is 1.81. The lowest BCUT2D eigenvalue weighted by molar-refractivity contribution is -0.383. The van der Waals surface area contributed by atoms with Gasteiger partial charge in [-0.3, -0.25) is 10.1 Å². The Morgan fingerprint density at radius 2 is 1.81 bits per heavy atom. The van der Waals surface area contributed by atoms with E-state index in [1.54, 1.807) is 49.6 Å². The van der Waals surface area contributed by atoms with Gasteiger partial charge in [0.05, 0.1) is 12.0 Å². The number of nitrogens with one attached hydrogen (secondary N) is 2. The number of ether oxygens (including phenoxy) is 1. The molecule has 0 unspecified atom stereocenters. The minimum absolute atomic E-state index is 0.0606. The molecular weight excluding hydrogens is 370 g/mol. The van der Waals surface area contributed by atoms with Gasteiger partial charge in [0, 0.05) is 22.5 Å². The zero-order valence-corrected chi connectivity index (χ0v) is 15.3. The summed E-state index contributed by atoms with van der Waals surface area (Å²) in [5.41, 5.74) is 1.70. The van der Waals surface area contributed by atoms with E-state index in [0.29, 0.717) is 22.1 Å². The zero-order valence-electron chi connectivity index (χ0n) is 14.6. The fraction of sp³-hybridized carbons (Fsp3) is 0.111. The van der Waals surface area contributed by atoms with E-state index >= 15 is 0 Å². The molecule has 1 aromatic heterocycles.